The van der Waals surface area contributed by atoms with E-state index >= 15 is 0 Å². The lowest BCUT2D eigenvalue weighted by Crippen LogP contribution is -2.57. The monoisotopic (exact) mass is 721 g/mol. The molecule has 0 spiro atoms. The molecule has 3 atom stereocenters. The van der Waals surface area contributed by atoms with Gasteiger partial charge in [0.1, 0.15) is 25.0 Å². The van der Waals surface area contributed by atoms with Gasteiger partial charge in [0, 0.05) is 24.0 Å². The zero-order valence-corrected chi connectivity index (χ0v) is 30.3. The second-order valence-electron chi connectivity index (χ2n) is 12.5. The molecular weight excluding hydrogens is 675 g/mol. The van der Waals surface area contributed by atoms with Crippen LogP contribution in [-0.2, 0) is 42.2 Å². The number of sulfonamides is 1. The molecule has 6 N–H and O–H groups in total. The maximum Gasteiger partial charge on any atom is 0.408 e. The van der Waals surface area contributed by atoms with Crippen LogP contribution < -0.4 is 26.4 Å². The fourth-order valence-electron chi connectivity index (χ4n) is 4.94. The number of aromatic nitrogens is 1. The number of amides is 3. The molecule has 15 heteroatoms. The third-order valence-corrected chi connectivity index (χ3v) is 9.21. The summed E-state index contributed by atoms with van der Waals surface area (Å²) in [5, 5.41) is 7.98. The summed E-state index contributed by atoms with van der Waals surface area (Å²) in [5.74, 6) is -1.96. The Balaban J connectivity index is 1.69. The van der Waals surface area contributed by atoms with Gasteiger partial charge in [-0.3, -0.25) is 19.6 Å². The van der Waals surface area contributed by atoms with E-state index in [0.29, 0.717) is 17.5 Å². The number of aliphatic imine (C=N–C) groups is 1. The van der Waals surface area contributed by atoms with Gasteiger partial charge in [-0.1, -0.05) is 61.9 Å². The van der Waals surface area contributed by atoms with Gasteiger partial charge in [-0.2, -0.15) is 0 Å². The topological polar surface area (TPSA) is 211 Å². The van der Waals surface area contributed by atoms with Crippen LogP contribution >= 0.6 is 0 Å². The average molecular weight is 722 g/mol. The van der Waals surface area contributed by atoms with Crippen molar-refractivity contribution < 1.29 is 32.3 Å². The maximum atomic E-state index is 13.6. The summed E-state index contributed by atoms with van der Waals surface area (Å²) in [6.45, 7) is 8.87. The van der Waals surface area contributed by atoms with Gasteiger partial charge < -0.3 is 31.2 Å². The highest BCUT2D eigenvalue weighted by molar-refractivity contribution is 7.90. The van der Waals surface area contributed by atoms with Crippen molar-refractivity contribution >= 4 is 40.2 Å². The zero-order valence-electron chi connectivity index (χ0n) is 29.5. The molecule has 1 heterocycles. The van der Waals surface area contributed by atoms with Gasteiger partial charge in [-0.15, -0.1) is 0 Å². The van der Waals surface area contributed by atoms with Crippen LogP contribution in [0.3, 0.4) is 0 Å². The van der Waals surface area contributed by atoms with Crippen molar-refractivity contribution in [2.75, 3.05) is 6.54 Å². The van der Waals surface area contributed by atoms with E-state index in [1.165, 1.54) is 12.1 Å². The molecule has 3 amide bonds. The molecule has 0 bridgehead atoms. The highest BCUT2D eigenvalue weighted by atomic mass is 32.2. The SMILES string of the molecule is Cc1ccc(S(=O)(=O)NC(N)=NCCC[C@H](NC(=O)OCc2cc(C)cnc2C)C(=O)N[C@H](C(=O)NC(C=O)Cc2ccccc2)C(C)C)cc1. The molecule has 14 nitrogen and oxygen atoms in total. The first-order chi connectivity index (χ1) is 24.2. The molecule has 0 radical (unpaired) electrons. The Hall–Kier alpha value is -5.31. The van der Waals surface area contributed by atoms with Crippen molar-refractivity contribution in [3.05, 3.63) is 94.8 Å². The summed E-state index contributed by atoms with van der Waals surface area (Å²) < 4.78 is 32.9. The summed E-state index contributed by atoms with van der Waals surface area (Å²) >= 11 is 0. The number of rotatable bonds is 17. The molecule has 0 aliphatic heterocycles. The van der Waals surface area contributed by atoms with Gasteiger partial charge in [0.05, 0.1) is 10.9 Å². The molecule has 0 fully saturated rings. The number of nitrogens with one attached hydrogen (secondary N) is 4. The van der Waals surface area contributed by atoms with Crippen LogP contribution in [0.2, 0.25) is 0 Å². The summed E-state index contributed by atoms with van der Waals surface area (Å²) in [6, 6.07) is 14.2. The Morgan fingerprint density at radius 2 is 1.63 bits per heavy atom. The first kappa shape index (κ1) is 40.1. The number of hydrogen-bond acceptors (Lipinski definition) is 9. The number of benzene rings is 2. The van der Waals surface area contributed by atoms with Crippen LogP contribution in [-0.4, -0.2) is 68.2 Å². The van der Waals surface area contributed by atoms with E-state index in [4.69, 9.17) is 10.5 Å². The Morgan fingerprint density at radius 1 is 0.941 bits per heavy atom. The number of guanidine groups is 1. The van der Waals surface area contributed by atoms with Crippen molar-refractivity contribution in [3.8, 4) is 0 Å². The number of aryl methyl sites for hydroxylation is 3. The minimum Gasteiger partial charge on any atom is -0.445 e. The normalized spacial score (nSPS) is 13.4. The van der Waals surface area contributed by atoms with Crippen LogP contribution in [0.5, 0.6) is 0 Å². The average Bonchev–Trinajstić information content (AvgIpc) is 3.08. The van der Waals surface area contributed by atoms with E-state index in [1.807, 2.05) is 50.2 Å². The molecule has 274 valence electrons. The lowest BCUT2D eigenvalue weighted by Gasteiger charge is -2.26. The molecule has 0 saturated carbocycles. The van der Waals surface area contributed by atoms with E-state index in [2.05, 4.69) is 30.6 Å². The van der Waals surface area contributed by atoms with E-state index in [1.54, 1.807) is 39.1 Å². The van der Waals surface area contributed by atoms with Crippen molar-refractivity contribution in [1.29, 1.82) is 0 Å². The van der Waals surface area contributed by atoms with Gasteiger partial charge in [-0.05, 0) is 75.3 Å². The van der Waals surface area contributed by atoms with Crippen LogP contribution in [0.25, 0.3) is 0 Å². The molecule has 0 aliphatic carbocycles. The number of aldehydes is 1. The smallest absolute Gasteiger partial charge is 0.408 e. The predicted octanol–water partition coefficient (Wildman–Crippen LogP) is 2.74. The number of alkyl carbamates (subject to hydrolysis) is 1. The molecule has 0 saturated heterocycles. The minimum absolute atomic E-state index is 0.00547. The number of carbonyl (C=O) groups is 4. The van der Waals surface area contributed by atoms with E-state index < -0.39 is 46.1 Å². The fraction of sp³-hybridized carbons (Fsp3) is 0.389. The number of pyridine rings is 1. The highest BCUT2D eigenvalue weighted by Crippen LogP contribution is 2.12. The molecular formula is C36H47N7O7S. The van der Waals surface area contributed by atoms with Gasteiger partial charge in [0.15, 0.2) is 0 Å². The van der Waals surface area contributed by atoms with Gasteiger partial charge in [0.25, 0.3) is 10.0 Å². The lowest BCUT2D eigenvalue weighted by atomic mass is 10.0. The minimum atomic E-state index is -3.96. The summed E-state index contributed by atoms with van der Waals surface area (Å²) in [4.78, 5) is 60.0. The summed E-state index contributed by atoms with van der Waals surface area (Å²) in [5.41, 5.74) is 9.86. The largest absolute Gasteiger partial charge is 0.445 e. The van der Waals surface area contributed by atoms with E-state index in [0.717, 1.165) is 16.7 Å². The summed E-state index contributed by atoms with van der Waals surface area (Å²) in [6.07, 6.45) is 1.95. The van der Waals surface area contributed by atoms with Crippen LogP contribution in [0.15, 0.2) is 76.7 Å². The Kier molecular flexibility index (Phi) is 15.1. The van der Waals surface area contributed by atoms with Gasteiger partial charge in [0.2, 0.25) is 17.8 Å². The molecule has 2 aromatic carbocycles. The highest BCUT2D eigenvalue weighted by Gasteiger charge is 2.30. The van der Waals surface area contributed by atoms with Gasteiger partial charge >= 0.3 is 6.09 Å². The van der Waals surface area contributed by atoms with Crippen molar-refractivity contribution in [2.24, 2.45) is 16.6 Å². The van der Waals surface area contributed by atoms with Crippen LogP contribution in [0.4, 0.5) is 4.79 Å². The number of nitrogens with zero attached hydrogens (tertiary/aromatic N) is 2. The predicted molar refractivity (Wildman–Crippen MR) is 193 cm³/mol. The number of carbonyl (C=O) groups excluding carboxylic acids is 4. The van der Waals surface area contributed by atoms with Crippen molar-refractivity contribution in [1.82, 2.24) is 25.7 Å². The van der Waals surface area contributed by atoms with Crippen molar-refractivity contribution in [3.63, 3.8) is 0 Å². The third-order valence-electron chi connectivity index (χ3n) is 7.84. The quantitative estimate of drug-likeness (QED) is 0.0600. The molecule has 3 rings (SSSR count). The van der Waals surface area contributed by atoms with Crippen LogP contribution in [0.1, 0.15) is 54.6 Å². The number of ether oxygens (including phenoxy) is 1. The number of nitrogens with two attached hydrogens (primary N) is 1. The van der Waals surface area contributed by atoms with Crippen LogP contribution in [0, 0.1) is 26.7 Å². The first-order valence-corrected chi connectivity index (χ1v) is 18.0. The van der Waals surface area contributed by atoms with Gasteiger partial charge in [-0.25, -0.2) is 17.9 Å². The second-order valence-corrected chi connectivity index (χ2v) is 14.2. The molecule has 1 aromatic heterocycles. The lowest BCUT2D eigenvalue weighted by molar-refractivity contribution is -0.132. The third kappa shape index (κ3) is 13.2. The summed E-state index contributed by atoms with van der Waals surface area (Å²) in [7, 11) is -3.96. The van der Waals surface area contributed by atoms with E-state index in [-0.39, 0.29) is 49.2 Å². The second kappa shape index (κ2) is 19.2. The standard InChI is InChI=1S/C36H47N7O7S/c1-23(2)32(34(46)40-29(21-44)19-27-10-7-6-8-11-27)42-33(45)31(41-36(47)50-22-28-18-25(4)20-39-26(28)5)12-9-17-38-35(37)43-51(48,49)30-15-13-24(3)14-16-30/h6-8,10-11,13-16,18,20-21,23,29,31-32H,9,12,17,19,22H2,1-5H3,(H,40,46)(H,41,47)(H,42,45)(H3,37,38,43)/t29?,31-,32-/m0/s1. The fourth-order valence-corrected chi connectivity index (χ4v) is 5.90. The Morgan fingerprint density at radius 3 is 2.27 bits per heavy atom. The molecule has 3 aromatic rings. The molecule has 1 unspecified atom stereocenters. The molecule has 0 aliphatic rings. The Bertz CT molecular complexity index is 1780. The maximum absolute atomic E-state index is 13.6. The Labute approximate surface area is 299 Å². The van der Waals surface area contributed by atoms with E-state index in [9.17, 15) is 27.6 Å². The molecule has 51 heavy (non-hydrogen) atoms. The first-order valence-electron chi connectivity index (χ1n) is 16.5. The number of hydrogen-bond donors (Lipinski definition) is 5. The zero-order chi connectivity index (χ0) is 37.6. The van der Waals surface area contributed by atoms with Crippen molar-refractivity contribution in [2.45, 2.75) is 83.5 Å².